The topological polar surface area (TPSA) is 55.8 Å². The number of aryl methyl sites for hydroxylation is 2. The maximum absolute atomic E-state index is 12.5. The second-order valence-electron chi connectivity index (χ2n) is 8.81. The number of anilines is 1. The van der Waals surface area contributed by atoms with E-state index in [-0.39, 0.29) is 5.91 Å². The van der Waals surface area contributed by atoms with Gasteiger partial charge in [0.1, 0.15) is 0 Å². The fraction of sp³-hybridized carbons (Fsp3) is 0.370. The number of aliphatic hydroxyl groups is 1. The molecule has 0 bridgehead atoms. The smallest absolute Gasteiger partial charge is 0.238 e. The van der Waals surface area contributed by atoms with E-state index < -0.39 is 6.10 Å². The van der Waals surface area contributed by atoms with Crippen molar-refractivity contribution in [3.05, 3.63) is 77.4 Å². The number of nitrogens with zero attached hydrogens (tertiary/aromatic N) is 2. The molecule has 5 nitrogen and oxygen atoms in total. The summed E-state index contributed by atoms with van der Waals surface area (Å²) in [5.41, 5.74) is 4.21. The van der Waals surface area contributed by atoms with E-state index >= 15 is 0 Å². The van der Waals surface area contributed by atoms with Crippen LogP contribution in [0.25, 0.3) is 10.8 Å². The van der Waals surface area contributed by atoms with Crippen LogP contribution in [-0.4, -0.2) is 67.2 Å². The highest BCUT2D eigenvalue weighted by Crippen LogP contribution is 2.20. The van der Waals surface area contributed by atoms with Gasteiger partial charge in [0.05, 0.1) is 12.6 Å². The molecule has 1 amide bonds. The van der Waals surface area contributed by atoms with E-state index in [1.165, 1.54) is 16.3 Å². The minimum Gasteiger partial charge on any atom is -0.391 e. The van der Waals surface area contributed by atoms with Gasteiger partial charge in [-0.15, -0.1) is 0 Å². The first-order chi connectivity index (χ1) is 15.3. The Balaban J connectivity index is 1.43. The molecular formula is C27H35N3O2. The van der Waals surface area contributed by atoms with Gasteiger partial charge in [0.25, 0.3) is 0 Å². The fourth-order valence-electron chi connectivity index (χ4n) is 4.10. The van der Waals surface area contributed by atoms with Crippen LogP contribution in [0.2, 0.25) is 0 Å². The van der Waals surface area contributed by atoms with Crippen LogP contribution in [-0.2, 0) is 11.2 Å². The zero-order valence-corrected chi connectivity index (χ0v) is 19.6. The molecule has 3 aromatic carbocycles. The van der Waals surface area contributed by atoms with Crippen LogP contribution in [0, 0.1) is 13.8 Å². The predicted molar refractivity (Wildman–Crippen MR) is 133 cm³/mol. The van der Waals surface area contributed by atoms with E-state index in [0.29, 0.717) is 19.5 Å². The fourth-order valence-corrected chi connectivity index (χ4v) is 4.10. The van der Waals surface area contributed by atoms with Crippen molar-refractivity contribution >= 4 is 22.4 Å². The molecule has 0 aromatic heterocycles. The van der Waals surface area contributed by atoms with Crippen molar-refractivity contribution in [1.29, 1.82) is 0 Å². The number of para-hydroxylation sites is 1. The zero-order chi connectivity index (χ0) is 23.1. The summed E-state index contributed by atoms with van der Waals surface area (Å²) in [5.74, 6) is -0.0106. The van der Waals surface area contributed by atoms with Crippen molar-refractivity contribution in [3.8, 4) is 0 Å². The summed E-state index contributed by atoms with van der Waals surface area (Å²) < 4.78 is 0. The Kier molecular flexibility index (Phi) is 8.39. The maximum Gasteiger partial charge on any atom is 0.238 e. The normalized spacial score (nSPS) is 12.5. The Morgan fingerprint density at radius 1 is 0.906 bits per heavy atom. The van der Waals surface area contributed by atoms with Gasteiger partial charge >= 0.3 is 0 Å². The summed E-state index contributed by atoms with van der Waals surface area (Å²) in [7, 11) is 3.96. The predicted octanol–water partition coefficient (Wildman–Crippen LogP) is 3.86. The number of aliphatic hydroxyl groups excluding tert-OH is 1. The number of nitrogens with one attached hydrogen (secondary N) is 1. The first-order valence-electron chi connectivity index (χ1n) is 11.2. The molecule has 0 spiro atoms. The first kappa shape index (κ1) is 23.9. The van der Waals surface area contributed by atoms with Crippen LogP contribution in [0.1, 0.15) is 16.7 Å². The Bertz CT molecular complexity index is 1020. The minimum absolute atomic E-state index is 0.0106. The minimum atomic E-state index is -0.441. The molecule has 0 heterocycles. The maximum atomic E-state index is 12.5. The molecule has 0 saturated carbocycles. The lowest BCUT2D eigenvalue weighted by Crippen LogP contribution is -2.38. The van der Waals surface area contributed by atoms with Crippen molar-refractivity contribution in [2.45, 2.75) is 26.4 Å². The van der Waals surface area contributed by atoms with Crippen LogP contribution >= 0.6 is 0 Å². The van der Waals surface area contributed by atoms with E-state index in [2.05, 4.69) is 34.5 Å². The molecule has 3 rings (SSSR count). The van der Waals surface area contributed by atoms with Gasteiger partial charge in [0.15, 0.2) is 0 Å². The lowest BCUT2D eigenvalue weighted by Gasteiger charge is -2.24. The van der Waals surface area contributed by atoms with Gasteiger partial charge in [-0.05, 0) is 55.4 Å². The number of carbonyl (C=O) groups excluding carboxylic acids is 1. The van der Waals surface area contributed by atoms with Gasteiger partial charge in [0.2, 0.25) is 5.91 Å². The number of rotatable bonds is 10. The monoisotopic (exact) mass is 433 g/mol. The van der Waals surface area contributed by atoms with Crippen LogP contribution in [0.4, 0.5) is 5.69 Å². The average Bonchev–Trinajstić information content (AvgIpc) is 2.75. The lowest BCUT2D eigenvalue weighted by molar-refractivity contribution is -0.117. The molecule has 5 heteroatoms. The Hall–Kier alpha value is -2.73. The highest BCUT2D eigenvalue weighted by atomic mass is 16.3. The molecule has 170 valence electrons. The molecule has 0 radical (unpaired) electrons. The second-order valence-corrected chi connectivity index (χ2v) is 8.81. The SMILES string of the molecule is Cc1cccc(C)c1NC(=O)CN(C)CCN(C)CC(O)Cc1cccc2ccccc12. The average molecular weight is 434 g/mol. The summed E-state index contributed by atoms with van der Waals surface area (Å²) in [6, 6.07) is 20.5. The molecule has 3 aromatic rings. The first-order valence-corrected chi connectivity index (χ1v) is 11.2. The summed E-state index contributed by atoms with van der Waals surface area (Å²) in [5, 5.41) is 16.1. The van der Waals surface area contributed by atoms with E-state index in [1.807, 2.05) is 69.2 Å². The quantitative estimate of drug-likeness (QED) is 0.510. The van der Waals surface area contributed by atoms with Crippen molar-refractivity contribution in [2.24, 2.45) is 0 Å². The molecular weight excluding hydrogens is 398 g/mol. The highest BCUT2D eigenvalue weighted by Gasteiger charge is 2.13. The Morgan fingerprint density at radius 3 is 2.28 bits per heavy atom. The number of hydrogen-bond acceptors (Lipinski definition) is 4. The van der Waals surface area contributed by atoms with Crippen LogP contribution in [0.15, 0.2) is 60.7 Å². The number of likely N-dealkylation sites (N-methyl/N-ethyl adjacent to an activating group) is 2. The van der Waals surface area contributed by atoms with E-state index in [1.54, 1.807) is 0 Å². The number of benzene rings is 3. The van der Waals surface area contributed by atoms with E-state index in [0.717, 1.165) is 29.9 Å². The van der Waals surface area contributed by atoms with E-state index in [9.17, 15) is 9.90 Å². The molecule has 0 fully saturated rings. The molecule has 0 aliphatic heterocycles. The van der Waals surface area contributed by atoms with Gasteiger partial charge < -0.3 is 15.3 Å². The van der Waals surface area contributed by atoms with E-state index in [4.69, 9.17) is 0 Å². The van der Waals surface area contributed by atoms with Crippen LogP contribution in [0.3, 0.4) is 0 Å². The molecule has 32 heavy (non-hydrogen) atoms. The zero-order valence-electron chi connectivity index (χ0n) is 19.6. The van der Waals surface area contributed by atoms with Gasteiger partial charge in [-0.3, -0.25) is 9.69 Å². The lowest BCUT2D eigenvalue weighted by atomic mass is 10.00. The van der Waals surface area contributed by atoms with Gasteiger partial charge in [-0.25, -0.2) is 0 Å². The van der Waals surface area contributed by atoms with Crippen molar-refractivity contribution in [3.63, 3.8) is 0 Å². The van der Waals surface area contributed by atoms with Crippen molar-refractivity contribution < 1.29 is 9.90 Å². The number of fused-ring (bicyclic) bond motifs is 1. The standard InChI is InChI=1S/C27H35N3O2/c1-20-9-7-10-21(2)27(20)28-26(32)19-30(4)16-15-29(3)18-24(31)17-23-13-8-12-22-11-5-6-14-25(22)23/h5-14,24,31H,15-19H2,1-4H3,(H,28,32). The molecule has 0 aliphatic carbocycles. The summed E-state index contributed by atoms with van der Waals surface area (Å²) in [4.78, 5) is 16.6. The number of carbonyl (C=O) groups is 1. The third-order valence-electron chi connectivity index (χ3n) is 5.88. The Labute approximate surface area is 191 Å². The van der Waals surface area contributed by atoms with Gasteiger partial charge in [-0.1, -0.05) is 60.7 Å². The van der Waals surface area contributed by atoms with Crippen molar-refractivity contribution in [1.82, 2.24) is 9.80 Å². The van der Waals surface area contributed by atoms with Gasteiger partial charge in [0, 0.05) is 31.7 Å². The molecule has 1 unspecified atom stereocenters. The third kappa shape index (κ3) is 6.63. The summed E-state index contributed by atoms with van der Waals surface area (Å²) in [6.07, 6.45) is 0.183. The summed E-state index contributed by atoms with van der Waals surface area (Å²) >= 11 is 0. The molecule has 0 saturated heterocycles. The van der Waals surface area contributed by atoms with Crippen LogP contribution in [0.5, 0.6) is 0 Å². The highest BCUT2D eigenvalue weighted by molar-refractivity contribution is 5.93. The number of amides is 1. The Morgan fingerprint density at radius 2 is 1.53 bits per heavy atom. The van der Waals surface area contributed by atoms with Crippen molar-refractivity contribution in [2.75, 3.05) is 45.6 Å². The molecule has 2 N–H and O–H groups in total. The molecule has 1 atom stereocenters. The second kappa shape index (κ2) is 11.2. The van der Waals surface area contributed by atoms with Crippen LogP contribution < -0.4 is 5.32 Å². The van der Waals surface area contributed by atoms with Gasteiger partial charge in [-0.2, -0.15) is 0 Å². The number of hydrogen-bond donors (Lipinski definition) is 2. The third-order valence-corrected chi connectivity index (χ3v) is 5.88. The summed E-state index contributed by atoms with van der Waals surface area (Å²) in [6.45, 7) is 6.46. The largest absolute Gasteiger partial charge is 0.391 e. The molecule has 0 aliphatic rings.